The predicted molar refractivity (Wildman–Crippen MR) is 110 cm³/mol. The maximum absolute atomic E-state index is 5.97. The third kappa shape index (κ3) is 5.54. The highest BCUT2D eigenvalue weighted by molar-refractivity contribution is 6.30. The van der Waals surface area contributed by atoms with E-state index in [-0.39, 0.29) is 12.4 Å². The summed E-state index contributed by atoms with van der Waals surface area (Å²) in [6, 6.07) is 14.5. The molecule has 0 bridgehead atoms. The highest BCUT2D eigenvalue weighted by Gasteiger charge is 2.22. The third-order valence-corrected chi connectivity index (χ3v) is 5.22. The molecule has 0 aromatic heterocycles. The van der Waals surface area contributed by atoms with Crippen LogP contribution in [0.1, 0.15) is 17.5 Å². The molecule has 5 heteroatoms. The van der Waals surface area contributed by atoms with Crippen molar-refractivity contribution in [2.24, 2.45) is 5.92 Å². The molecule has 0 amide bonds. The molecule has 1 aliphatic rings. The lowest BCUT2D eigenvalue weighted by Crippen LogP contribution is -2.23. The Morgan fingerprint density at radius 1 is 1.00 bits per heavy atom. The average Bonchev–Trinajstić information content (AvgIpc) is 3.09. The van der Waals surface area contributed by atoms with E-state index in [4.69, 9.17) is 21.1 Å². The van der Waals surface area contributed by atoms with Gasteiger partial charge >= 0.3 is 0 Å². The summed E-state index contributed by atoms with van der Waals surface area (Å²) in [5.41, 5.74) is 2.68. The fourth-order valence-corrected chi connectivity index (χ4v) is 3.69. The fourth-order valence-electron chi connectivity index (χ4n) is 3.56. The van der Waals surface area contributed by atoms with Crippen molar-refractivity contribution in [2.45, 2.75) is 19.3 Å². The number of rotatable bonds is 7. The third-order valence-electron chi connectivity index (χ3n) is 4.97. The van der Waals surface area contributed by atoms with E-state index in [0.29, 0.717) is 0 Å². The zero-order chi connectivity index (χ0) is 17.6. The number of likely N-dealkylation sites (tertiary alicyclic amines) is 1. The van der Waals surface area contributed by atoms with Crippen LogP contribution in [0.15, 0.2) is 42.5 Å². The molecule has 1 heterocycles. The van der Waals surface area contributed by atoms with Crippen molar-refractivity contribution in [1.29, 1.82) is 0 Å². The molecule has 1 atom stereocenters. The van der Waals surface area contributed by atoms with Crippen LogP contribution in [-0.2, 0) is 12.8 Å². The van der Waals surface area contributed by atoms with Crippen molar-refractivity contribution in [3.05, 3.63) is 58.6 Å². The van der Waals surface area contributed by atoms with Crippen molar-refractivity contribution in [3.8, 4) is 11.5 Å². The largest absolute Gasteiger partial charge is 0.493 e. The van der Waals surface area contributed by atoms with Crippen LogP contribution in [0.3, 0.4) is 0 Å². The van der Waals surface area contributed by atoms with Crippen LogP contribution in [0, 0.1) is 5.92 Å². The van der Waals surface area contributed by atoms with Crippen LogP contribution in [-0.4, -0.2) is 38.8 Å². The summed E-state index contributed by atoms with van der Waals surface area (Å²) in [6.07, 6.45) is 3.45. The highest BCUT2D eigenvalue weighted by atomic mass is 35.5. The van der Waals surface area contributed by atoms with Crippen LogP contribution in [0.25, 0.3) is 0 Å². The minimum Gasteiger partial charge on any atom is -0.493 e. The average molecular weight is 396 g/mol. The van der Waals surface area contributed by atoms with Gasteiger partial charge in [0.25, 0.3) is 0 Å². The monoisotopic (exact) mass is 395 g/mol. The molecule has 1 unspecified atom stereocenters. The highest BCUT2D eigenvalue weighted by Crippen LogP contribution is 2.28. The first-order valence-electron chi connectivity index (χ1n) is 8.85. The van der Waals surface area contributed by atoms with Crippen molar-refractivity contribution in [3.63, 3.8) is 0 Å². The number of halogens is 2. The summed E-state index contributed by atoms with van der Waals surface area (Å²) in [4.78, 5) is 2.57. The van der Waals surface area contributed by atoms with E-state index >= 15 is 0 Å². The molecule has 0 spiro atoms. The maximum atomic E-state index is 5.97. The second-order valence-electron chi connectivity index (χ2n) is 6.73. The molecule has 0 saturated carbocycles. The van der Waals surface area contributed by atoms with Crippen LogP contribution in [0.2, 0.25) is 5.02 Å². The van der Waals surface area contributed by atoms with Crippen LogP contribution < -0.4 is 9.47 Å². The SMILES string of the molecule is COc1ccc(CCN2CCC(Cc3ccc(Cl)cc3)C2)cc1OC.Cl. The molecule has 1 fully saturated rings. The Bertz CT molecular complexity index is 691. The normalized spacial score (nSPS) is 17.0. The first-order chi connectivity index (χ1) is 12.2. The molecule has 0 N–H and O–H groups in total. The molecule has 3 rings (SSSR count). The van der Waals surface area contributed by atoms with Gasteiger partial charge in [0.15, 0.2) is 11.5 Å². The number of hydrogen-bond donors (Lipinski definition) is 0. The number of nitrogens with zero attached hydrogens (tertiary/aromatic N) is 1. The zero-order valence-corrected chi connectivity index (χ0v) is 17.0. The predicted octanol–water partition coefficient (Wildman–Crippen LogP) is 4.89. The zero-order valence-electron chi connectivity index (χ0n) is 15.4. The Morgan fingerprint density at radius 3 is 2.38 bits per heavy atom. The number of methoxy groups -OCH3 is 2. The molecule has 3 nitrogen and oxygen atoms in total. The van der Waals surface area contributed by atoms with Gasteiger partial charge in [-0.05, 0) is 67.1 Å². The minimum atomic E-state index is 0. The standard InChI is InChI=1S/C21H26ClNO2.ClH/c1-24-20-8-5-17(14-21(20)25-2)9-11-23-12-10-18(15-23)13-16-3-6-19(22)7-4-16;/h3-8,14,18H,9-13,15H2,1-2H3;1H. The number of benzene rings is 2. The summed E-state index contributed by atoms with van der Waals surface area (Å²) < 4.78 is 10.7. The molecule has 1 saturated heterocycles. The molecule has 142 valence electrons. The van der Waals surface area contributed by atoms with Crippen molar-refractivity contribution < 1.29 is 9.47 Å². The van der Waals surface area contributed by atoms with Gasteiger partial charge in [-0.1, -0.05) is 29.8 Å². The first kappa shape index (κ1) is 20.9. The van der Waals surface area contributed by atoms with Gasteiger partial charge in [0.1, 0.15) is 0 Å². The molecule has 2 aromatic rings. The van der Waals surface area contributed by atoms with Gasteiger partial charge in [-0.3, -0.25) is 0 Å². The Morgan fingerprint density at radius 2 is 1.69 bits per heavy atom. The molecule has 1 aliphatic heterocycles. The summed E-state index contributed by atoms with van der Waals surface area (Å²) in [5, 5.41) is 0.812. The van der Waals surface area contributed by atoms with Gasteiger partial charge in [-0.15, -0.1) is 12.4 Å². The lowest BCUT2D eigenvalue weighted by Gasteiger charge is -2.17. The summed E-state index contributed by atoms with van der Waals surface area (Å²) >= 11 is 5.97. The van der Waals surface area contributed by atoms with Crippen molar-refractivity contribution in [2.75, 3.05) is 33.9 Å². The summed E-state index contributed by atoms with van der Waals surface area (Å²) in [6.45, 7) is 3.45. The molecule has 26 heavy (non-hydrogen) atoms. The molecule has 2 aromatic carbocycles. The minimum absolute atomic E-state index is 0. The van der Waals surface area contributed by atoms with Crippen molar-refractivity contribution >= 4 is 24.0 Å². The molecule has 0 aliphatic carbocycles. The Labute approximate surface area is 167 Å². The first-order valence-corrected chi connectivity index (χ1v) is 9.23. The Hall–Kier alpha value is -1.42. The second-order valence-corrected chi connectivity index (χ2v) is 7.16. The van der Waals surface area contributed by atoms with E-state index in [1.165, 1.54) is 30.6 Å². The topological polar surface area (TPSA) is 21.7 Å². The Balaban J connectivity index is 0.00000243. The summed E-state index contributed by atoms with van der Waals surface area (Å²) in [5.74, 6) is 2.34. The van der Waals surface area contributed by atoms with Gasteiger partial charge in [0.05, 0.1) is 14.2 Å². The van der Waals surface area contributed by atoms with Gasteiger partial charge in [-0.25, -0.2) is 0 Å². The fraction of sp³-hybridized carbons (Fsp3) is 0.429. The Kier molecular flexibility index (Phi) is 8.08. The van der Waals surface area contributed by atoms with E-state index in [9.17, 15) is 0 Å². The second kappa shape index (κ2) is 10.1. The van der Waals surface area contributed by atoms with Gasteiger partial charge < -0.3 is 14.4 Å². The van der Waals surface area contributed by atoms with E-state index in [0.717, 1.165) is 41.8 Å². The van der Waals surface area contributed by atoms with E-state index in [1.807, 2.05) is 18.2 Å². The van der Waals surface area contributed by atoms with E-state index in [2.05, 4.69) is 29.2 Å². The van der Waals surface area contributed by atoms with Crippen LogP contribution in [0.5, 0.6) is 11.5 Å². The van der Waals surface area contributed by atoms with E-state index < -0.39 is 0 Å². The smallest absolute Gasteiger partial charge is 0.160 e. The lowest BCUT2D eigenvalue weighted by molar-refractivity contribution is 0.327. The number of hydrogen-bond acceptors (Lipinski definition) is 3. The van der Waals surface area contributed by atoms with Gasteiger partial charge in [0.2, 0.25) is 0 Å². The maximum Gasteiger partial charge on any atom is 0.160 e. The summed E-state index contributed by atoms with van der Waals surface area (Å²) in [7, 11) is 3.35. The van der Waals surface area contributed by atoms with E-state index in [1.54, 1.807) is 14.2 Å². The van der Waals surface area contributed by atoms with Crippen LogP contribution in [0.4, 0.5) is 0 Å². The lowest BCUT2D eigenvalue weighted by atomic mass is 9.99. The molecule has 0 radical (unpaired) electrons. The molecular weight excluding hydrogens is 369 g/mol. The number of ether oxygens (including phenoxy) is 2. The van der Waals surface area contributed by atoms with Gasteiger partial charge in [0, 0.05) is 18.1 Å². The van der Waals surface area contributed by atoms with Crippen molar-refractivity contribution in [1.82, 2.24) is 4.90 Å². The van der Waals surface area contributed by atoms with Gasteiger partial charge in [-0.2, -0.15) is 0 Å². The quantitative estimate of drug-likeness (QED) is 0.666. The van der Waals surface area contributed by atoms with Crippen LogP contribution >= 0.6 is 24.0 Å². The molecular formula is C21H27Cl2NO2.